The van der Waals surface area contributed by atoms with Crippen molar-refractivity contribution >= 4 is 28.5 Å². The Labute approximate surface area is 69.0 Å². The number of hydrogen-bond acceptors (Lipinski definition) is 2. The molecular formula is C6H11O2Sn+3. The summed E-state index contributed by atoms with van der Waals surface area (Å²) in [5, 5.41) is 0. The molecule has 0 aromatic rings. The first-order chi connectivity index (χ1) is 4.22. The Bertz CT molecular complexity index is 93.1. The van der Waals surface area contributed by atoms with Gasteiger partial charge in [-0.25, -0.2) is 0 Å². The summed E-state index contributed by atoms with van der Waals surface area (Å²) >= 11 is 1.39. The Morgan fingerprint density at radius 3 is 2.67 bits per heavy atom. The zero-order valence-corrected chi connectivity index (χ0v) is 8.66. The van der Waals surface area contributed by atoms with Crippen LogP contribution in [0.15, 0.2) is 0 Å². The second-order valence-electron chi connectivity index (χ2n) is 1.86. The van der Waals surface area contributed by atoms with E-state index in [9.17, 15) is 4.79 Å². The van der Waals surface area contributed by atoms with Gasteiger partial charge >= 0.3 is 68.8 Å². The van der Waals surface area contributed by atoms with Crippen molar-refractivity contribution in [2.45, 2.75) is 18.3 Å². The normalized spacial score (nSPS) is 12.9. The van der Waals surface area contributed by atoms with Gasteiger partial charge in [-0.2, -0.15) is 0 Å². The van der Waals surface area contributed by atoms with Gasteiger partial charge in [0.2, 0.25) is 0 Å². The van der Waals surface area contributed by atoms with Crippen LogP contribution in [0.5, 0.6) is 0 Å². The van der Waals surface area contributed by atoms with Crippen molar-refractivity contribution in [3.8, 4) is 0 Å². The zero-order chi connectivity index (χ0) is 7.28. The standard InChI is InChI=1S/C6H11O2.Sn/c1-4-8-6(7)5(2)3;/h5H,2,4H2,1,3H3;/q;+3. The molecule has 48 valence electrons. The minimum atomic E-state index is -0.0608. The monoisotopic (exact) mass is 235 g/mol. The summed E-state index contributed by atoms with van der Waals surface area (Å²) in [6, 6.07) is 0. The predicted octanol–water partition coefficient (Wildman–Crippen LogP) is 0.772. The summed E-state index contributed by atoms with van der Waals surface area (Å²) in [5.74, 6) is 0.0393. The van der Waals surface area contributed by atoms with Crippen molar-refractivity contribution in [2.24, 2.45) is 5.92 Å². The maximum atomic E-state index is 10.8. The number of carbonyl (C=O) groups excluding carboxylic acids is 1. The van der Waals surface area contributed by atoms with Gasteiger partial charge in [-0.1, -0.05) is 0 Å². The van der Waals surface area contributed by atoms with Crippen LogP contribution in [0.3, 0.4) is 0 Å². The first-order valence-electron chi connectivity index (χ1n) is 3.03. The first kappa shape index (κ1) is 9.27. The van der Waals surface area contributed by atoms with Crippen LogP contribution in [0.1, 0.15) is 13.8 Å². The van der Waals surface area contributed by atoms with Gasteiger partial charge in [0.15, 0.2) is 0 Å². The fraction of sp³-hybridized carbons (Fsp3) is 0.833. The molecule has 9 heavy (non-hydrogen) atoms. The molecule has 0 aromatic carbocycles. The summed E-state index contributed by atoms with van der Waals surface area (Å²) in [6.45, 7) is 4.22. The van der Waals surface area contributed by atoms with Crippen molar-refractivity contribution in [3.63, 3.8) is 0 Å². The van der Waals surface area contributed by atoms with Crippen LogP contribution >= 0.6 is 0 Å². The Balaban J connectivity index is 3.46. The van der Waals surface area contributed by atoms with E-state index in [-0.39, 0.29) is 11.9 Å². The summed E-state index contributed by atoms with van der Waals surface area (Å²) in [5.41, 5.74) is 0. The Hall–Kier alpha value is 0.269. The molecule has 0 heterocycles. The summed E-state index contributed by atoms with van der Waals surface area (Å²) in [7, 11) is 0. The van der Waals surface area contributed by atoms with Gasteiger partial charge in [-0.3, -0.25) is 0 Å². The van der Waals surface area contributed by atoms with E-state index in [4.69, 9.17) is 4.74 Å². The van der Waals surface area contributed by atoms with Crippen LogP contribution in [0, 0.1) is 5.92 Å². The molecule has 0 amide bonds. The number of esters is 1. The molecule has 0 spiro atoms. The molecule has 0 aliphatic rings. The van der Waals surface area contributed by atoms with Gasteiger partial charge < -0.3 is 0 Å². The number of hydrogen-bond donors (Lipinski definition) is 0. The number of carbonyl (C=O) groups is 1. The van der Waals surface area contributed by atoms with Crippen molar-refractivity contribution in [3.05, 3.63) is 0 Å². The Kier molecular flexibility index (Phi) is 5.24. The van der Waals surface area contributed by atoms with Crippen LogP contribution in [0.25, 0.3) is 0 Å². The quantitative estimate of drug-likeness (QED) is 0.532. The molecule has 0 N–H and O–H groups in total. The van der Waals surface area contributed by atoms with Crippen LogP contribution in [0.2, 0.25) is 4.44 Å². The maximum absolute atomic E-state index is 10.8. The van der Waals surface area contributed by atoms with Crippen LogP contribution < -0.4 is 0 Å². The fourth-order valence-electron chi connectivity index (χ4n) is 0.368. The molecule has 0 bridgehead atoms. The molecule has 0 aliphatic heterocycles. The molecule has 0 aliphatic carbocycles. The molecule has 0 saturated heterocycles. The predicted molar refractivity (Wildman–Crippen MR) is 36.4 cm³/mol. The summed E-state index contributed by atoms with van der Waals surface area (Å²) < 4.78 is 5.72. The second kappa shape index (κ2) is 5.09. The average Bonchev–Trinajstić information content (AvgIpc) is 1.87. The molecule has 0 radical (unpaired) electrons. The third kappa shape index (κ3) is 3.78. The van der Waals surface area contributed by atoms with E-state index in [0.29, 0.717) is 6.61 Å². The van der Waals surface area contributed by atoms with E-state index < -0.39 is 0 Å². The van der Waals surface area contributed by atoms with Gasteiger partial charge in [0.1, 0.15) is 0 Å². The molecule has 3 heteroatoms. The summed E-state index contributed by atoms with van der Waals surface area (Å²) in [6.07, 6.45) is 0. The zero-order valence-electron chi connectivity index (χ0n) is 5.81. The van der Waals surface area contributed by atoms with Gasteiger partial charge in [0, 0.05) is 0 Å². The van der Waals surface area contributed by atoms with E-state index in [1.807, 2.05) is 13.8 Å². The number of rotatable bonds is 3. The third-order valence-electron chi connectivity index (χ3n) is 0.995. The minimum absolute atomic E-state index is 0.0608. The van der Waals surface area contributed by atoms with Crippen molar-refractivity contribution in [2.75, 3.05) is 6.61 Å². The van der Waals surface area contributed by atoms with E-state index >= 15 is 0 Å². The van der Waals surface area contributed by atoms with E-state index in [1.54, 1.807) is 0 Å². The van der Waals surface area contributed by atoms with E-state index in [2.05, 4.69) is 0 Å². The molecular weight excluding hydrogens is 223 g/mol. The summed E-state index contributed by atoms with van der Waals surface area (Å²) in [4.78, 5) is 10.8. The Morgan fingerprint density at radius 2 is 2.33 bits per heavy atom. The van der Waals surface area contributed by atoms with E-state index in [1.165, 1.54) is 22.5 Å². The third-order valence-corrected chi connectivity index (χ3v) is 2.74. The van der Waals surface area contributed by atoms with Crippen LogP contribution in [-0.4, -0.2) is 35.1 Å². The van der Waals surface area contributed by atoms with Gasteiger partial charge in [0.25, 0.3) is 0 Å². The fourth-order valence-corrected chi connectivity index (χ4v) is 0.844. The molecule has 0 fully saturated rings. The van der Waals surface area contributed by atoms with Crippen molar-refractivity contribution in [1.29, 1.82) is 0 Å². The number of ether oxygens (including phenoxy) is 1. The Morgan fingerprint density at radius 1 is 1.78 bits per heavy atom. The van der Waals surface area contributed by atoms with Crippen LogP contribution in [-0.2, 0) is 9.53 Å². The topological polar surface area (TPSA) is 26.3 Å². The van der Waals surface area contributed by atoms with Crippen molar-refractivity contribution in [1.82, 2.24) is 0 Å². The van der Waals surface area contributed by atoms with Gasteiger partial charge in [-0.05, 0) is 0 Å². The molecule has 2 nitrogen and oxygen atoms in total. The first-order valence-corrected chi connectivity index (χ1v) is 5.05. The van der Waals surface area contributed by atoms with E-state index in [0.717, 1.165) is 4.44 Å². The molecule has 1 atom stereocenters. The molecule has 1 unspecified atom stereocenters. The average molecular weight is 234 g/mol. The SMILES string of the molecule is CCOC(=O)C(C)[CH2][Sn+3]. The molecule has 0 rings (SSSR count). The molecule has 0 saturated carbocycles. The van der Waals surface area contributed by atoms with Gasteiger partial charge in [-0.15, -0.1) is 0 Å². The van der Waals surface area contributed by atoms with Crippen LogP contribution in [0.4, 0.5) is 0 Å². The molecule has 0 aromatic heterocycles. The second-order valence-corrected chi connectivity index (χ2v) is 3.02. The van der Waals surface area contributed by atoms with Crippen molar-refractivity contribution < 1.29 is 9.53 Å². The van der Waals surface area contributed by atoms with Gasteiger partial charge in [0.05, 0.1) is 0 Å².